The molecular formula is C15H26N2O. The molecular weight excluding hydrogens is 224 g/mol. The van der Waals surface area contributed by atoms with E-state index in [1.807, 2.05) is 0 Å². The first-order valence-corrected chi connectivity index (χ1v) is 7.58. The lowest BCUT2D eigenvalue weighted by Gasteiger charge is -2.59. The molecule has 0 saturated heterocycles. The van der Waals surface area contributed by atoms with Crippen LogP contribution >= 0.6 is 0 Å². The van der Waals surface area contributed by atoms with Crippen molar-refractivity contribution in [3.8, 4) is 0 Å². The predicted molar refractivity (Wildman–Crippen MR) is 71.8 cm³/mol. The van der Waals surface area contributed by atoms with Crippen LogP contribution in [0, 0.1) is 29.1 Å². The predicted octanol–water partition coefficient (Wildman–Crippen LogP) is 1.91. The van der Waals surface area contributed by atoms with Crippen LogP contribution in [-0.4, -0.2) is 19.0 Å². The zero-order valence-corrected chi connectivity index (χ0v) is 11.5. The van der Waals surface area contributed by atoms with Crippen LogP contribution in [0.3, 0.4) is 0 Å². The number of hydrogen-bond donors (Lipinski definition) is 2. The lowest BCUT2D eigenvalue weighted by Crippen LogP contribution is -2.51. The summed E-state index contributed by atoms with van der Waals surface area (Å²) in [6.45, 7) is 3.28. The average molecular weight is 250 g/mol. The highest BCUT2D eigenvalue weighted by molar-refractivity contribution is 5.77. The van der Waals surface area contributed by atoms with Crippen molar-refractivity contribution in [3.63, 3.8) is 0 Å². The van der Waals surface area contributed by atoms with Gasteiger partial charge < -0.3 is 11.1 Å². The van der Waals surface area contributed by atoms with E-state index in [4.69, 9.17) is 5.73 Å². The van der Waals surface area contributed by atoms with Crippen molar-refractivity contribution in [1.29, 1.82) is 0 Å². The molecule has 3 N–H and O–H groups in total. The summed E-state index contributed by atoms with van der Waals surface area (Å²) in [4.78, 5) is 11.3. The Kier molecular flexibility index (Phi) is 3.13. The SMILES string of the molecule is CC(CNC(=O)CN)C12CC3CC(CC(C3)C1)C2. The molecule has 4 fully saturated rings. The standard InChI is InChI=1S/C15H26N2O/c1-10(9-17-14(18)8-16)15-5-11-2-12(6-15)4-13(3-11)7-15/h10-13H,2-9,16H2,1H3,(H,17,18). The molecule has 0 heterocycles. The maximum absolute atomic E-state index is 11.3. The zero-order valence-electron chi connectivity index (χ0n) is 11.5. The van der Waals surface area contributed by atoms with Gasteiger partial charge in [0.25, 0.3) is 0 Å². The van der Waals surface area contributed by atoms with Crippen LogP contribution in [0.4, 0.5) is 0 Å². The van der Waals surface area contributed by atoms with Crippen LogP contribution in [0.1, 0.15) is 45.4 Å². The van der Waals surface area contributed by atoms with Crippen molar-refractivity contribution in [1.82, 2.24) is 5.32 Å². The molecule has 4 rings (SSSR count). The fourth-order valence-electron chi connectivity index (χ4n) is 5.34. The molecule has 0 radical (unpaired) electrons. The highest BCUT2D eigenvalue weighted by Crippen LogP contribution is 2.62. The minimum absolute atomic E-state index is 0.00780. The molecule has 1 amide bonds. The Balaban J connectivity index is 1.65. The second-order valence-electron chi connectivity index (χ2n) is 7.19. The van der Waals surface area contributed by atoms with Gasteiger partial charge in [0.2, 0.25) is 5.91 Å². The Bertz CT molecular complexity index is 304. The summed E-state index contributed by atoms with van der Waals surface area (Å²) >= 11 is 0. The molecule has 4 aliphatic rings. The number of carbonyl (C=O) groups excluding carboxylic acids is 1. The van der Waals surface area contributed by atoms with Gasteiger partial charge in [-0.3, -0.25) is 4.79 Å². The second kappa shape index (κ2) is 4.52. The first-order chi connectivity index (χ1) is 8.61. The first-order valence-electron chi connectivity index (χ1n) is 7.58. The van der Waals surface area contributed by atoms with Gasteiger partial charge in [-0.2, -0.15) is 0 Å². The van der Waals surface area contributed by atoms with Gasteiger partial charge in [0, 0.05) is 6.54 Å². The van der Waals surface area contributed by atoms with Gasteiger partial charge in [0.1, 0.15) is 0 Å². The zero-order chi connectivity index (χ0) is 12.8. The van der Waals surface area contributed by atoms with E-state index in [1.165, 1.54) is 38.5 Å². The van der Waals surface area contributed by atoms with E-state index >= 15 is 0 Å². The van der Waals surface area contributed by atoms with E-state index in [0.717, 1.165) is 24.3 Å². The van der Waals surface area contributed by atoms with Crippen LogP contribution in [-0.2, 0) is 4.79 Å². The summed E-state index contributed by atoms with van der Waals surface area (Å²) in [7, 11) is 0. The van der Waals surface area contributed by atoms with E-state index < -0.39 is 0 Å². The largest absolute Gasteiger partial charge is 0.355 e. The van der Waals surface area contributed by atoms with E-state index in [2.05, 4.69) is 12.2 Å². The van der Waals surface area contributed by atoms with Crippen molar-refractivity contribution in [2.24, 2.45) is 34.8 Å². The lowest BCUT2D eigenvalue weighted by atomic mass is 9.46. The smallest absolute Gasteiger partial charge is 0.233 e. The van der Waals surface area contributed by atoms with E-state index in [0.29, 0.717) is 11.3 Å². The molecule has 3 nitrogen and oxygen atoms in total. The minimum Gasteiger partial charge on any atom is -0.355 e. The third kappa shape index (κ3) is 2.07. The molecule has 4 bridgehead atoms. The monoisotopic (exact) mass is 250 g/mol. The molecule has 4 saturated carbocycles. The molecule has 4 aliphatic carbocycles. The third-order valence-corrected chi connectivity index (χ3v) is 5.92. The van der Waals surface area contributed by atoms with Crippen LogP contribution in [0.15, 0.2) is 0 Å². The summed E-state index contributed by atoms with van der Waals surface area (Å²) in [5, 5.41) is 2.99. The van der Waals surface area contributed by atoms with Crippen molar-refractivity contribution >= 4 is 5.91 Å². The molecule has 0 aromatic heterocycles. The summed E-state index contributed by atoms with van der Waals surface area (Å²) in [5.41, 5.74) is 5.89. The van der Waals surface area contributed by atoms with Gasteiger partial charge in [-0.05, 0) is 67.6 Å². The van der Waals surface area contributed by atoms with Crippen LogP contribution in [0.5, 0.6) is 0 Å². The summed E-state index contributed by atoms with van der Waals surface area (Å²) < 4.78 is 0. The van der Waals surface area contributed by atoms with Crippen LogP contribution in [0.2, 0.25) is 0 Å². The molecule has 0 aromatic rings. The fourth-order valence-corrected chi connectivity index (χ4v) is 5.34. The highest BCUT2D eigenvalue weighted by Gasteiger charge is 2.52. The van der Waals surface area contributed by atoms with Crippen molar-refractivity contribution in [2.75, 3.05) is 13.1 Å². The van der Waals surface area contributed by atoms with Crippen molar-refractivity contribution in [2.45, 2.75) is 45.4 Å². The second-order valence-corrected chi connectivity index (χ2v) is 7.19. The molecule has 1 atom stereocenters. The topological polar surface area (TPSA) is 55.1 Å². The molecule has 0 aliphatic heterocycles. The Morgan fingerprint density at radius 3 is 2.17 bits per heavy atom. The number of hydrogen-bond acceptors (Lipinski definition) is 2. The van der Waals surface area contributed by atoms with Crippen LogP contribution in [0.25, 0.3) is 0 Å². The summed E-state index contributed by atoms with van der Waals surface area (Å²) in [6.07, 6.45) is 8.71. The van der Waals surface area contributed by atoms with Gasteiger partial charge >= 0.3 is 0 Å². The molecule has 0 spiro atoms. The number of nitrogens with one attached hydrogen (secondary N) is 1. The Labute approximate surface area is 110 Å². The summed E-state index contributed by atoms with van der Waals surface area (Å²) in [5.74, 6) is 3.57. The van der Waals surface area contributed by atoms with E-state index in [1.54, 1.807) is 0 Å². The number of carbonyl (C=O) groups is 1. The third-order valence-electron chi connectivity index (χ3n) is 5.92. The normalized spacial score (nSPS) is 42.9. The minimum atomic E-state index is -0.00780. The highest BCUT2D eigenvalue weighted by atomic mass is 16.1. The summed E-state index contributed by atoms with van der Waals surface area (Å²) in [6, 6.07) is 0. The van der Waals surface area contributed by atoms with Gasteiger partial charge in [0.15, 0.2) is 0 Å². The van der Waals surface area contributed by atoms with E-state index in [-0.39, 0.29) is 12.5 Å². The Morgan fingerprint density at radius 1 is 1.22 bits per heavy atom. The van der Waals surface area contributed by atoms with E-state index in [9.17, 15) is 4.79 Å². The molecule has 3 heteroatoms. The number of nitrogens with two attached hydrogens (primary N) is 1. The Morgan fingerprint density at radius 2 is 1.72 bits per heavy atom. The maximum atomic E-state index is 11.3. The number of rotatable bonds is 4. The van der Waals surface area contributed by atoms with Gasteiger partial charge in [-0.25, -0.2) is 0 Å². The van der Waals surface area contributed by atoms with Gasteiger partial charge in [0.05, 0.1) is 6.54 Å². The molecule has 102 valence electrons. The first kappa shape index (κ1) is 12.5. The molecule has 1 unspecified atom stereocenters. The quantitative estimate of drug-likeness (QED) is 0.801. The number of amides is 1. The van der Waals surface area contributed by atoms with Crippen LogP contribution < -0.4 is 11.1 Å². The average Bonchev–Trinajstić information content (AvgIpc) is 2.33. The van der Waals surface area contributed by atoms with Crippen molar-refractivity contribution in [3.05, 3.63) is 0 Å². The molecule has 0 aromatic carbocycles. The van der Waals surface area contributed by atoms with Gasteiger partial charge in [-0.15, -0.1) is 0 Å². The maximum Gasteiger partial charge on any atom is 0.233 e. The lowest BCUT2D eigenvalue weighted by molar-refractivity contribution is -0.121. The van der Waals surface area contributed by atoms with Crippen molar-refractivity contribution < 1.29 is 4.79 Å². The molecule has 18 heavy (non-hydrogen) atoms. The fraction of sp³-hybridized carbons (Fsp3) is 0.933. The Hall–Kier alpha value is -0.570. The van der Waals surface area contributed by atoms with Gasteiger partial charge in [-0.1, -0.05) is 6.92 Å².